The molecule has 108 valence electrons. The van der Waals surface area contributed by atoms with Crippen LogP contribution in [0, 0.1) is 0 Å². The first-order chi connectivity index (χ1) is 10.1. The van der Waals surface area contributed by atoms with E-state index in [0.717, 1.165) is 18.4 Å². The molecule has 1 amide bonds. The average Bonchev–Trinajstić information content (AvgIpc) is 3.17. The van der Waals surface area contributed by atoms with Crippen molar-refractivity contribution < 1.29 is 14.7 Å². The Morgan fingerprint density at radius 3 is 2.62 bits per heavy atom. The van der Waals surface area contributed by atoms with E-state index in [1.54, 1.807) is 5.38 Å². The van der Waals surface area contributed by atoms with Crippen molar-refractivity contribution in [3.63, 3.8) is 0 Å². The van der Waals surface area contributed by atoms with E-state index < -0.39 is 11.4 Å². The third-order valence-corrected chi connectivity index (χ3v) is 4.42. The van der Waals surface area contributed by atoms with Crippen LogP contribution in [0.3, 0.4) is 0 Å². The number of carbonyl (C=O) groups excluding carboxylic acids is 1. The first-order valence-corrected chi connectivity index (χ1v) is 7.51. The molecule has 0 bridgehead atoms. The number of nitrogens with zero attached hydrogens (tertiary/aromatic N) is 1. The standard InChI is InChI=1S/C15H14N2O3S/c18-12(19)8-11-9-21-14(16-11)17-13(20)15(6-7-15)10-4-2-1-3-5-10/h1-5,9H,6-8H2,(H,18,19)(H,16,17,20). The van der Waals surface area contributed by atoms with Crippen molar-refractivity contribution in [3.8, 4) is 0 Å². The van der Waals surface area contributed by atoms with Gasteiger partial charge in [-0.1, -0.05) is 30.3 Å². The third-order valence-electron chi connectivity index (χ3n) is 3.62. The van der Waals surface area contributed by atoms with Crippen LogP contribution in [0.2, 0.25) is 0 Å². The summed E-state index contributed by atoms with van der Waals surface area (Å²) >= 11 is 1.25. The summed E-state index contributed by atoms with van der Waals surface area (Å²) in [6.07, 6.45) is 1.53. The number of thiazole rings is 1. The molecule has 1 heterocycles. The Kier molecular flexibility index (Phi) is 3.47. The second-order valence-electron chi connectivity index (χ2n) is 5.12. The van der Waals surface area contributed by atoms with Gasteiger partial charge in [0.1, 0.15) is 0 Å². The molecule has 0 atom stereocenters. The van der Waals surface area contributed by atoms with E-state index in [2.05, 4.69) is 10.3 Å². The number of amides is 1. The van der Waals surface area contributed by atoms with E-state index >= 15 is 0 Å². The molecule has 0 radical (unpaired) electrons. The maximum absolute atomic E-state index is 12.5. The van der Waals surface area contributed by atoms with Gasteiger partial charge >= 0.3 is 5.97 Å². The van der Waals surface area contributed by atoms with Gasteiger partial charge in [0.2, 0.25) is 5.91 Å². The first kappa shape index (κ1) is 13.8. The second-order valence-corrected chi connectivity index (χ2v) is 5.97. The Hall–Kier alpha value is -2.21. The highest BCUT2D eigenvalue weighted by atomic mass is 32.1. The van der Waals surface area contributed by atoms with Gasteiger partial charge in [-0.25, -0.2) is 4.98 Å². The molecule has 2 aromatic rings. The number of anilines is 1. The van der Waals surface area contributed by atoms with Crippen LogP contribution in [-0.2, 0) is 21.4 Å². The zero-order chi connectivity index (χ0) is 14.9. The van der Waals surface area contributed by atoms with Gasteiger partial charge in [-0.2, -0.15) is 0 Å². The van der Waals surface area contributed by atoms with E-state index in [0.29, 0.717) is 10.8 Å². The normalized spacial score (nSPS) is 15.4. The van der Waals surface area contributed by atoms with Crippen molar-refractivity contribution >= 4 is 28.3 Å². The largest absolute Gasteiger partial charge is 0.481 e. The zero-order valence-electron chi connectivity index (χ0n) is 11.2. The highest BCUT2D eigenvalue weighted by molar-refractivity contribution is 7.14. The average molecular weight is 302 g/mol. The number of hydrogen-bond donors (Lipinski definition) is 2. The molecule has 2 N–H and O–H groups in total. The zero-order valence-corrected chi connectivity index (χ0v) is 12.0. The van der Waals surface area contributed by atoms with Crippen molar-refractivity contribution in [2.24, 2.45) is 0 Å². The molecule has 3 rings (SSSR count). The fraction of sp³-hybridized carbons (Fsp3) is 0.267. The minimum atomic E-state index is -0.930. The first-order valence-electron chi connectivity index (χ1n) is 6.63. The monoisotopic (exact) mass is 302 g/mol. The molecular weight excluding hydrogens is 288 g/mol. The van der Waals surface area contributed by atoms with Crippen molar-refractivity contribution in [2.45, 2.75) is 24.7 Å². The second kappa shape index (κ2) is 5.29. The number of aliphatic carboxylic acids is 1. The lowest BCUT2D eigenvalue weighted by atomic mass is 9.95. The summed E-state index contributed by atoms with van der Waals surface area (Å²) in [5, 5.41) is 13.7. The van der Waals surface area contributed by atoms with Crippen LogP contribution >= 0.6 is 11.3 Å². The summed E-state index contributed by atoms with van der Waals surface area (Å²) in [7, 11) is 0. The summed E-state index contributed by atoms with van der Waals surface area (Å²) in [5.41, 5.74) is 1.04. The predicted molar refractivity (Wildman–Crippen MR) is 79.4 cm³/mol. The molecule has 0 saturated heterocycles. The van der Waals surface area contributed by atoms with Gasteiger partial charge < -0.3 is 10.4 Å². The molecule has 1 fully saturated rings. The molecule has 0 unspecified atom stereocenters. The summed E-state index contributed by atoms with van der Waals surface area (Å²) in [6.45, 7) is 0. The minimum absolute atomic E-state index is 0.0649. The Balaban J connectivity index is 1.72. The highest BCUT2D eigenvalue weighted by Crippen LogP contribution is 2.49. The van der Waals surface area contributed by atoms with Crippen molar-refractivity contribution in [1.29, 1.82) is 0 Å². The van der Waals surface area contributed by atoms with Crippen LogP contribution in [0.4, 0.5) is 5.13 Å². The van der Waals surface area contributed by atoms with E-state index in [4.69, 9.17) is 5.11 Å². The van der Waals surface area contributed by atoms with E-state index in [1.807, 2.05) is 30.3 Å². The van der Waals surface area contributed by atoms with Crippen LogP contribution in [0.15, 0.2) is 35.7 Å². The number of nitrogens with one attached hydrogen (secondary N) is 1. The Morgan fingerprint density at radius 1 is 1.29 bits per heavy atom. The van der Waals surface area contributed by atoms with Crippen molar-refractivity contribution in [1.82, 2.24) is 4.98 Å². The fourth-order valence-electron chi connectivity index (χ4n) is 2.35. The molecule has 5 nitrogen and oxygen atoms in total. The number of carbonyl (C=O) groups is 2. The number of carboxylic acids is 1. The van der Waals surface area contributed by atoms with Gasteiger partial charge in [-0.15, -0.1) is 11.3 Å². The smallest absolute Gasteiger partial charge is 0.309 e. The van der Waals surface area contributed by atoms with Crippen LogP contribution in [0.25, 0.3) is 0 Å². The van der Waals surface area contributed by atoms with Crippen LogP contribution in [-0.4, -0.2) is 22.0 Å². The Labute approximate surface area is 125 Å². The molecule has 21 heavy (non-hydrogen) atoms. The lowest BCUT2D eigenvalue weighted by Crippen LogP contribution is -2.27. The van der Waals surface area contributed by atoms with Crippen molar-refractivity contribution in [2.75, 3.05) is 5.32 Å². The van der Waals surface area contributed by atoms with Crippen LogP contribution < -0.4 is 5.32 Å². The highest BCUT2D eigenvalue weighted by Gasteiger charge is 2.51. The number of hydrogen-bond acceptors (Lipinski definition) is 4. The molecule has 1 aromatic carbocycles. The number of rotatable bonds is 5. The molecule has 0 aliphatic heterocycles. The molecule has 1 aliphatic carbocycles. The molecule has 6 heteroatoms. The van der Waals surface area contributed by atoms with E-state index in [-0.39, 0.29) is 12.3 Å². The SMILES string of the molecule is O=C(O)Cc1csc(NC(=O)C2(c3ccccc3)CC2)n1. The summed E-state index contributed by atoms with van der Waals surface area (Å²) in [5.74, 6) is -0.994. The Morgan fingerprint density at radius 2 is 2.00 bits per heavy atom. The molecule has 1 aliphatic rings. The van der Waals surface area contributed by atoms with Gasteiger partial charge in [0.15, 0.2) is 5.13 Å². The molecule has 1 aromatic heterocycles. The van der Waals surface area contributed by atoms with Crippen molar-refractivity contribution in [3.05, 3.63) is 47.0 Å². The maximum atomic E-state index is 12.5. The number of benzene rings is 1. The summed E-state index contributed by atoms with van der Waals surface area (Å²) in [6, 6.07) is 9.71. The van der Waals surface area contributed by atoms with E-state index in [1.165, 1.54) is 11.3 Å². The maximum Gasteiger partial charge on any atom is 0.309 e. The van der Waals surface area contributed by atoms with Crippen LogP contribution in [0.5, 0.6) is 0 Å². The van der Waals surface area contributed by atoms with Gasteiger partial charge in [-0.3, -0.25) is 9.59 Å². The molecule has 1 saturated carbocycles. The summed E-state index contributed by atoms with van der Waals surface area (Å²) in [4.78, 5) is 27.2. The van der Waals surface area contributed by atoms with Gasteiger partial charge in [-0.05, 0) is 18.4 Å². The quantitative estimate of drug-likeness (QED) is 0.889. The topological polar surface area (TPSA) is 79.3 Å². The predicted octanol–water partition coefficient (Wildman–Crippen LogP) is 2.44. The third kappa shape index (κ3) is 2.80. The Bertz CT molecular complexity index is 677. The van der Waals surface area contributed by atoms with Crippen LogP contribution in [0.1, 0.15) is 24.1 Å². The van der Waals surface area contributed by atoms with Gasteiger partial charge in [0.25, 0.3) is 0 Å². The lowest BCUT2D eigenvalue weighted by molar-refractivity contribution is -0.136. The molecular formula is C15H14N2O3S. The summed E-state index contributed by atoms with van der Waals surface area (Å²) < 4.78 is 0. The molecule has 0 spiro atoms. The number of aromatic nitrogens is 1. The lowest BCUT2D eigenvalue weighted by Gasteiger charge is -2.14. The number of carboxylic acid groups (broad SMARTS) is 1. The van der Waals surface area contributed by atoms with E-state index in [9.17, 15) is 9.59 Å². The minimum Gasteiger partial charge on any atom is -0.481 e. The van der Waals surface area contributed by atoms with Gasteiger partial charge in [0.05, 0.1) is 17.5 Å². The fourth-order valence-corrected chi connectivity index (χ4v) is 3.05. The van der Waals surface area contributed by atoms with Gasteiger partial charge in [0, 0.05) is 5.38 Å².